The second-order valence-electron chi connectivity index (χ2n) is 7.63. The highest BCUT2D eigenvalue weighted by molar-refractivity contribution is 7.92. The highest BCUT2D eigenvalue weighted by atomic mass is 35.5. The molecule has 0 spiro atoms. The van der Waals surface area contributed by atoms with E-state index in [2.05, 4.69) is 5.32 Å². The third-order valence-electron chi connectivity index (χ3n) is 5.19. The zero-order valence-corrected chi connectivity index (χ0v) is 21.0. The molecule has 0 aliphatic rings. The summed E-state index contributed by atoms with van der Waals surface area (Å²) in [4.78, 5) is 27.5. The molecule has 0 aliphatic heterocycles. The molecule has 0 aliphatic carbocycles. The van der Waals surface area contributed by atoms with E-state index in [9.17, 15) is 18.0 Å². The molecule has 0 bridgehead atoms. The van der Waals surface area contributed by atoms with Crippen molar-refractivity contribution in [2.45, 2.75) is 32.9 Å². The van der Waals surface area contributed by atoms with Gasteiger partial charge in [-0.3, -0.25) is 13.9 Å². The molecule has 0 saturated carbocycles. The van der Waals surface area contributed by atoms with Gasteiger partial charge in [-0.25, -0.2) is 8.42 Å². The third kappa shape index (κ3) is 6.85. The Morgan fingerprint density at radius 1 is 1.15 bits per heavy atom. The molecule has 1 unspecified atom stereocenters. The third-order valence-corrected chi connectivity index (χ3v) is 6.56. The highest BCUT2D eigenvalue weighted by Crippen LogP contribution is 2.33. The standard InChI is InChI=1S/C23H30ClN3O5S/c1-6-19(23(29)25-3)26(14-17-9-7-16(2)8-10-17)22(28)15-27(33(5,30)31)20-13-18(24)11-12-21(20)32-4/h7-13,19H,6,14-15H2,1-5H3,(H,25,29). The Bertz CT molecular complexity index is 1090. The van der Waals surface area contributed by atoms with Crippen LogP contribution in [0.3, 0.4) is 0 Å². The fourth-order valence-corrected chi connectivity index (χ4v) is 4.44. The van der Waals surface area contributed by atoms with Crippen molar-refractivity contribution in [2.24, 2.45) is 0 Å². The van der Waals surface area contributed by atoms with Crippen molar-refractivity contribution in [1.29, 1.82) is 0 Å². The second-order valence-corrected chi connectivity index (χ2v) is 9.97. The summed E-state index contributed by atoms with van der Waals surface area (Å²) >= 11 is 6.10. The average Bonchev–Trinajstić information content (AvgIpc) is 2.77. The van der Waals surface area contributed by atoms with Gasteiger partial charge >= 0.3 is 0 Å². The van der Waals surface area contributed by atoms with Gasteiger partial charge in [0.25, 0.3) is 0 Å². The van der Waals surface area contributed by atoms with Gasteiger partial charge in [0.2, 0.25) is 21.8 Å². The molecule has 0 aromatic heterocycles. The number of hydrogen-bond donors (Lipinski definition) is 1. The fraction of sp³-hybridized carbons (Fsp3) is 0.391. The quantitative estimate of drug-likeness (QED) is 0.546. The highest BCUT2D eigenvalue weighted by Gasteiger charge is 2.32. The summed E-state index contributed by atoms with van der Waals surface area (Å²) in [7, 11) is -0.987. The zero-order chi connectivity index (χ0) is 24.8. The molecule has 33 heavy (non-hydrogen) atoms. The molecule has 1 atom stereocenters. The fourth-order valence-electron chi connectivity index (χ4n) is 3.43. The van der Waals surface area contributed by atoms with Gasteiger partial charge in [-0.05, 0) is 37.1 Å². The maximum absolute atomic E-state index is 13.5. The first-order chi connectivity index (χ1) is 15.5. The summed E-state index contributed by atoms with van der Waals surface area (Å²) < 4.78 is 31.6. The number of methoxy groups -OCH3 is 1. The first-order valence-corrected chi connectivity index (χ1v) is 12.6. The van der Waals surface area contributed by atoms with E-state index >= 15 is 0 Å². The lowest BCUT2D eigenvalue weighted by molar-refractivity contribution is -0.140. The van der Waals surface area contributed by atoms with Crippen LogP contribution in [-0.4, -0.2) is 58.1 Å². The SMILES string of the molecule is CCC(C(=O)NC)N(Cc1ccc(C)cc1)C(=O)CN(c1cc(Cl)ccc1OC)S(C)(=O)=O. The van der Waals surface area contributed by atoms with Crippen LogP contribution in [0.15, 0.2) is 42.5 Å². The number of nitrogens with one attached hydrogen (secondary N) is 1. The van der Waals surface area contributed by atoms with Gasteiger partial charge < -0.3 is 15.0 Å². The summed E-state index contributed by atoms with van der Waals surface area (Å²) in [5.74, 6) is -0.608. The summed E-state index contributed by atoms with van der Waals surface area (Å²) in [6.45, 7) is 3.38. The maximum Gasteiger partial charge on any atom is 0.244 e. The molecule has 0 heterocycles. The minimum atomic E-state index is -3.89. The van der Waals surface area contributed by atoms with Gasteiger partial charge in [-0.2, -0.15) is 0 Å². The minimum Gasteiger partial charge on any atom is -0.495 e. The number of likely N-dealkylation sites (N-methyl/N-ethyl adjacent to an activating group) is 1. The number of nitrogens with zero attached hydrogens (tertiary/aromatic N) is 2. The van der Waals surface area contributed by atoms with Crippen molar-refractivity contribution in [1.82, 2.24) is 10.2 Å². The smallest absolute Gasteiger partial charge is 0.244 e. The molecular formula is C23H30ClN3O5S. The van der Waals surface area contributed by atoms with Crippen molar-refractivity contribution < 1.29 is 22.7 Å². The lowest BCUT2D eigenvalue weighted by Gasteiger charge is -2.33. The molecule has 2 aromatic carbocycles. The van der Waals surface area contributed by atoms with Crippen molar-refractivity contribution in [2.75, 3.05) is 31.3 Å². The van der Waals surface area contributed by atoms with E-state index in [0.717, 1.165) is 21.7 Å². The number of sulfonamides is 1. The number of aryl methyl sites for hydroxylation is 1. The van der Waals surface area contributed by atoms with Crippen LogP contribution in [-0.2, 0) is 26.2 Å². The van der Waals surface area contributed by atoms with E-state index in [1.807, 2.05) is 31.2 Å². The minimum absolute atomic E-state index is 0.143. The Kier molecular flexibility index (Phi) is 9.13. The molecule has 0 saturated heterocycles. The average molecular weight is 496 g/mol. The van der Waals surface area contributed by atoms with Crippen molar-refractivity contribution in [3.8, 4) is 5.75 Å². The summed E-state index contributed by atoms with van der Waals surface area (Å²) in [5, 5.41) is 2.88. The topological polar surface area (TPSA) is 96.0 Å². The second kappa shape index (κ2) is 11.4. The van der Waals surface area contributed by atoms with E-state index in [4.69, 9.17) is 16.3 Å². The number of benzene rings is 2. The summed E-state index contributed by atoms with van der Waals surface area (Å²) in [6, 6.07) is 11.3. The number of hydrogen-bond acceptors (Lipinski definition) is 5. The maximum atomic E-state index is 13.5. The van der Waals surface area contributed by atoms with E-state index in [-0.39, 0.29) is 23.9 Å². The van der Waals surface area contributed by atoms with Crippen molar-refractivity contribution >= 4 is 39.1 Å². The molecule has 180 valence electrons. The van der Waals surface area contributed by atoms with E-state index in [0.29, 0.717) is 11.4 Å². The Balaban J connectivity index is 2.49. The Morgan fingerprint density at radius 3 is 2.30 bits per heavy atom. The number of carbonyl (C=O) groups excluding carboxylic acids is 2. The summed E-state index contributed by atoms with van der Waals surface area (Å²) in [5.41, 5.74) is 2.03. The molecule has 8 nitrogen and oxygen atoms in total. The predicted octanol–water partition coefficient (Wildman–Crippen LogP) is 2.98. The molecule has 2 rings (SSSR count). The van der Waals surface area contributed by atoms with Crippen LogP contribution >= 0.6 is 11.6 Å². The Labute approximate surface area is 200 Å². The normalized spacial score (nSPS) is 12.1. The largest absolute Gasteiger partial charge is 0.495 e. The number of amides is 2. The lowest BCUT2D eigenvalue weighted by atomic mass is 10.1. The van der Waals surface area contributed by atoms with Gasteiger partial charge in [-0.15, -0.1) is 0 Å². The molecule has 2 aromatic rings. The molecule has 10 heteroatoms. The molecular weight excluding hydrogens is 466 g/mol. The lowest BCUT2D eigenvalue weighted by Crippen LogP contribution is -2.51. The Morgan fingerprint density at radius 2 is 1.79 bits per heavy atom. The van der Waals surface area contributed by atoms with E-state index in [1.54, 1.807) is 13.0 Å². The molecule has 0 radical (unpaired) electrons. The van der Waals surface area contributed by atoms with Gasteiger partial charge in [0.15, 0.2) is 0 Å². The van der Waals surface area contributed by atoms with Crippen LogP contribution in [0.4, 0.5) is 5.69 Å². The van der Waals surface area contributed by atoms with Crippen LogP contribution < -0.4 is 14.4 Å². The molecule has 0 fully saturated rings. The number of rotatable bonds is 10. The van der Waals surface area contributed by atoms with Crippen LogP contribution in [0.25, 0.3) is 0 Å². The zero-order valence-electron chi connectivity index (χ0n) is 19.5. The van der Waals surface area contributed by atoms with Gasteiger partial charge in [-0.1, -0.05) is 48.4 Å². The van der Waals surface area contributed by atoms with Crippen LogP contribution in [0.1, 0.15) is 24.5 Å². The first kappa shape index (κ1) is 26.5. The van der Waals surface area contributed by atoms with E-state index in [1.165, 1.54) is 31.2 Å². The molecule has 2 amide bonds. The van der Waals surface area contributed by atoms with Crippen LogP contribution in [0.2, 0.25) is 5.02 Å². The predicted molar refractivity (Wildman–Crippen MR) is 130 cm³/mol. The van der Waals surface area contributed by atoms with Crippen molar-refractivity contribution in [3.05, 3.63) is 58.6 Å². The van der Waals surface area contributed by atoms with E-state index < -0.39 is 28.5 Å². The monoisotopic (exact) mass is 495 g/mol. The summed E-state index contributed by atoms with van der Waals surface area (Å²) in [6.07, 6.45) is 1.36. The van der Waals surface area contributed by atoms with Crippen LogP contribution in [0, 0.1) is 6.92 Å². The van der Waals surface area contributed by atoms with Gasteiger partial charge in [0, 0.05) is 18.6 Å². The number of anilines is 1. The Hall–Kier alpha value is -2.78. The number of carbonyl (C=O) groups is 2. The first-order valence-electron chi connectivity index (χ1n) is 10.4. The number of ether oxygens (including phenoxy) is 1. The van der Waals surface area contributed by atoms with Crippen molar-refractivity contribution in [3.63, 3.8) is 0 Å². The van der Waals surface area contributed by atoms with Gasteiger partial charge in [0.05, 0.1) is 19.1 Å². The van der Waals surface area contributed by atoms with Crippen LogP contribution in [0.5, 0.6) is 5.75 Å². The molecule has 1 N–H and O–H groups in total. The number of halogens is 1. The van der Waals surface area contributed by atoms with Gasteiger partial charge in [0.1, 0.15) is 18.3 Å².